The van der Waals surface area contributed by atoms with Crippen LogP contribution < -0.4 is 0 Å². The lowest BCUT2D eigenvalue weighted by molar-refractivity contribution is -0.148. The third-order valence-electron chi connectivity index (χ3n) is 3.77. The molecule has 0 N–H and O–H groups in total. The third kappa shape index (κ3) is 8.54. The maximum atomic E-state index is 11.9. The van der Waals surface area contributed by atoms with Gasteiger partial charge in [0.05, 0.1) is 19.8 Å². The van der Waals surface area contributed by atoms with Crippen LogP contribution in [0.2, 0.25) is 0 Å². The van der Waals surface area contributed by atoms with Gasteiger partial charge in [-0.1, -0.05) is 50.1 Å². The Balaban J connectivity index is 2.18. The van der Waals surface area contributed by atoms with E-state index in [-0.39, 0.29) is 6.61 Å². The molecule has 0 saturated carbocycles. The molecule has 0 heterocycles. The van der Waals surface area contributed by atoms with Crippen LogP contribution in [0.5, 0.6) is 0 Å². The molecule has 0 bridgehead atoms. The predicted molar refractivity (Wildman–Crippen MR) is 95.2 cm³/mol. The quantitative estimate of drug-likeness (QED) is 0.452. The number of ether oxygens (including phenoxy) is 3. The van der Waals surface area contributed by atoms with Crippen LogP contribution in [0.1, 0.15) is 38.7 Å². The van der Waals surface area contributed by atoms with E-state index in [0.29, 0.717) is 19.8 Å². The highest BCUT2D eigenvalue weighted by Crippen LogP contribution is 2.04. The highest BCUT2D eigenvalue weighted by Gasteiger charge is 2.24. The number of hydrogen-bond acceptors (Lipinski definition) is 5. The number of likely N-dealkylation sites (N-methyl/N-ethyl adjacent to an activating group) is 1. The Morgan fingerprint density at radius 3 is 2.44 bits per heavy atom. The fraction of sp³-hybridized carbons (Fsp3) is 0.579. The molecule has 0 aliphatic rings. The largest absolute Gasteiger partial charge is 0.464 e. The van der Waals surface area contributed by atoms with Gasteiger partial charge in [-0.2, -0.15) is 0 Å². The van der Waals surface area contributed by atoms with Crippen molar-refractivity contribution in [2.45, 2.75) is 45.8 Å². The number of carbonyl (C=O) groups is 2. The Morgan fingerprint density at radius 1 is 1.04 bits per heavy atom. The zero-order valence-electron chi connectivity index (χ0n) is 15.4. The van der Waals surface area contributed by atoms with Gasteiger partial charge in [-0.3, -0.25) is 4.90 Å². The van der Waals surface area contributed by atoms with Gasteiger partial charge in [0.1, 0.15) is 12.6 Å². The first-order valence-corrected chi connectivity index (χ1v) is 8.74. The summed E-state index contributed by atoms with van der Waals surface area (Å²) in [6.45, 7) is 4.98. The van der Waals surface area contributed by atoms with Gasteiger partial charge in [-0.05, 0) is 18.9 Å². The predicted octanol–water partition coefficient (Wildman–Crippen LogP) is 3.39. The Bertz CT molecular complexity index is 506. The SMILES string of the molecule is CCCCCOC(=O)C(C)N(C)C(=O)OCCOCc1ccccc1. The van der Waals surface area contributed by atoms with Crippen LogP contribution in [0.4, 0.5) is 4.79 Å². The number of amides is 1. The van der Waals surface area contributed by atoms with Crippen molar-refractivity contribution in [1.82, 2.24) is 4.90 Å². The van der Waals surface area contributed by atoms with Gasteiger partial charge in [0, 0.05) is 7.05 Å². The van der Waals surface area contributed by atoms with E-state index in [1.54, 1.807) is 6.92 Å². The van der Waals surface area contributed by atoms with Crippen molar-refractivity contribution in [3.05, 3.63) is 35.9 Å². The molecule has 140 valence electrons. The number of esters is 1. The molecule has 25 heavy (non-hydrogen) atoms. The van der Waals surface area contributed by atoms with Gasteiger partial charge in [0.2, 0.25) is 0 Å². The Morgan fingerprint density at radius 2 is 1.76 bits per heavy atom. The maximum Gasteiger partial charge on any atom is 0.410 e. The monoisotopic (exact) mass is 351 g/mol. The molecular formula is C19H29NO5. The number of benzene rings is 1. The first-order valence-electron chi connectivity index (χ1n) is 8.74. The summed E-state index contributed by atoms with van der Waals surface area (Å²) in [5, 5.41) is 0. The van der Waals surface area contributed by atoms with E-state index in [9.17, 15) is 9.59 Å². The number of rotatable bonds is 11. The smallest absolute Gasteiger partial charge is 0.410 e. The fourth-order valence-corrected chi connectivity index (χ4v) is 2.02. The second-order valence-electron chi connectivity index (χ2n) is 5.81. The van der Waals surface area contributed by atoms with Gasteiger partial charge >= 0.3 is 12.1 Å². The van der Waals surface area contributed by atoms with Crippen LogP contribution in [0.15, 0.2) is 30.3 Å². The summed E-state index contributed by atoms with van der Waals surface area (Å²) in [6, 6.07) is 9.07. The molecule has 1 rings (SSSR count). The van der Waals surface area contributed by atoms with E-state index in [1.165, 1.54) is 11.9 Å². The standard InChI is InChI=1S/C19H29NO5/c1-4-5-9-12-24-18(21)16(2)20(3)19(22)25-14-13-23-15-17-10-7-6-8-11-17/h6-8,10-11,16H,4-5,9,12-15H2,1-3H3. The molecule has 0 aliphatic heterocycles. The highest BCUT2D eigenvalue weighted by atomic mass is 16.6. The minimum atomic E-state index is -0.681. The molecule has 0 saturated heterocycles. The molecule has 0 aliphatic carbocycles. The van der Waals surface area contributed by atoms with Crippen molar-refractivity contribution in [3.8, 4) is 0 Å². The number of unbranched alkanes of at least 4 members (excludes halogenated alkanes) is 2. The second kappa shape index (κ2) is 12.3. The van der Waals surface area contributed by atoms with Gasteiger partial charge in [-0.15, -0.1) is 0 Å². The molecule has 1 amide bonds. The van der Waals surface area contributed by atoms with Gasteiger partial charge in [-0.25, -0.2) is 9.59 Å². The average molecular weight is 351 g/mol. The van der Waals surface area contributed by atoms with Gasteiger partial charge in [0.15, 0.2) is 0 Å². The lowest BCUT2D eigenvalue weighted by Crippen LogP contribution is -2.42. The van der Waals surface area contributed by atoms with E-state index in [1.807, 2.05) is 30.3 Å². The van der Waals surface area contributed by atoms with Crippen molar-refractivity contribution < 1.29 is 23.8 Å². The van der Waals surface area contributed by atoms with E-state index in [2.05, 4.69) is 6.92 Å². The van der Waals surface area contributed by atoms with Crippen molar-refractivity contribution in [1.29, 1.82) is 0 Å². The molecule has 0 radical (unpaired) electrons. The summed E-state index contributed by atoms with van der Waals surface area (Å²) in [4.78, 5) is 25.1. The summed E-state index contributed by atoms with van der Waals surface area (Å²) in [5.41, 5.74) is 1.06. The molecule has 1 aromatic rings. The second-order valence-corrected chi connectivity index (χ2v) is 5.81. The van der Waals surface area contributed by atoms with Crippen LogP contribution in [0.3, 0.4) is 0 Å². The lowest BCUT2D eigenvalue weighted by atomic mass is 10.2. The van der Waals surface area contributed by atoms with E-state index in [4.69, 9.17) is 14.2 Å². The number of nitrogens with zero attached hydrogens (tertiary/aromatic N) is 1. The minimum Gasteiger partial charge on any atom is -0.464 e. The van der Waals surface area contributed by atoms with Crippen molar-refractivity contribution in [3.63, 3.8) is 0 Å². The van der Waals surface area contributed by atoms with Crippen LogP contribution in [0.25, 0.3) is 0 Å². The third-order valence-corrected chi connectivity index (χ3v) is 3.77. The fourth-order valence-electron chi connectivity index (χ4n) is 2.02. The summed E-state index contributed by atoms with van der Waals surface area (Å²) >= 11 is 0. The van der Waals surface area contributed by atoms with Crippen LogP contribution in [-0.4, -0.2) is 49.9 Å². The van der Waals surface area contributed by atoms with Crippen LogP contribution in [-0.2, 0) is 25.6 Å². The van der Waals surface area contributed by atoms with E-state index in [0.717, 1.165) is 24.8 Å². The number of hydrogen-bond donors (Lipinski definition) is 0. The molecule has 1 atom stereocenters. The average Bonchev–Trinajstić information content (AvgIpc) is 2.64. The van der Waals surface area contributed by atoms with Crippen molar-refractivity contribution >= 4 is 12.1 Å². The Kier molecular flexibility index (Phi) is 10.3. The molecule has 0 spiro atoms. The van der Waals surface area contributed by atoms with Gasteiger partial charge in [0.25, 0.3) is 0 Å². The Labute approximate surface area is 150 Å². The van der Waals surface area contributed by atoms with Crippen LogP contribution >= 0.6 is 0 Å². The zero-order valence-corrected chi connectivity index (χ0v) is 15.4. The first-order chi connectivity index (χ1) is 12.1. The molecular weight excluding hydrogens is 322 g/mol. The van der Waals surface area contributed by atoms with Crippen molar-refractivity contribution in [2.24, 2.45) is 0 Å². The molecule has 6 heteroatoms. The molecule has 1 unspecified atom stereocenters. The summed E-state index contributed by atoms with van der Waals surface area (Å²) in [5.74, 6) is -0.420. The molecule has 1 aromatic carbocycles. The molecule has 6 nitrogen and oxygen atoms in total. The topological polar surface area (TPSA) is 65.1 Å². The highest BCUT2D eigenvalue weighted by molar-refractivity contribution is 5.80. The van der Waals surface area contributed by atoms with E-state index < -0.39 is 18.1 Å². The van der Waals surface area contributed by atoms with Crippen molar-refractivity contribution in [2.75, 3.05) is 26.9 Å². The summed E-state index contributed by atoms with van der Waals surface area (Å²) in [6.07, 6.45) is 2.34. The van der Waals surface area contributed by atoms with Crippen LogP contribution in [0, 0.1) is 0 Å². The molecule has 0 fully saturated rings. The minimum absolute atomic E-state index is 0.133. The molecule has 0 aromatic heterocycles. The number of carbonyl (C=O) groups excluding carboxylic acids is 2. The first kappa shape index (κ1) is 21.0. The Hall–Kier alpha value is -2.08. The normalized spacial score (nSPS) is 11.6. The summed E-state index contributed by atoms with van der Waals surface area (Å²) in [7, 11) is 1.52. The van der Waals surface area contributed by atoms with E-state index >= 15 is 0 Å². The lowest BCUT2D eigenvalue weighted by Gasteiger charge is -2.22. The maximum absolute atomic E-state index is 11.9. The zero-order chi connectivity index (χ0) is 18.5. The van der Waals surface area contributed by atoms with Gasteiger partial charge < -0.3 is 14.2 Å². The summed E-state index contributed by atoms with van der Waals surface area (Å²) < 4.78 is 15.7.